The predicted molar refractivity (Wildman–Crippen MR) is 113 cm³/mol. The standard InChI is InChI=1S/C24H21N3O2/c1-17(19-8-4-3-5-9-19)27-24(20-11-13-22(29-2)14-12-20)25-23(26-27)21-10-6-7-18(15-21)16-28/h3-17H,1-2H3. The number of carbonyl (C=O) groups is 1. The molecule has 1 aromatic heterocycles. The molecule has 0 aliphatic carbocycles. The Labute approximate surface area is 169 Å². The van der Waals surface area contributed by atoms with Crippen molar-refractivity contribution in [2.75, 3.05) is 7.11 Å². The minimum atomic E-state index is -0.0104. The number of benzene rings is 3. The highest BCUT2D eigenvalue weighted by molar-refractivity contribution is 5.78. The molecule has 5 heteroatoms. The van der Waals surface area contributed by atoms with Crippen molar-refractivity contribution in [2.45, 2.75) is 13.0 Å². The van der Waals surface area contributed by atoms with Crippen molar-refractivity contribution in [2.24, 2.45) is 0 Å². The number of nitrogens with zero attached hydrogens (tertiary/aromatic N) is 3. The second-order valence-electron chi connectivity index (χ2n) is 6.76. The number of hydrogen-bond acceptors (Lipinski definition) is 4. The molecule has 1 unspecified atom stereocenters. The molecule has 0 bridgehead atoms. The molecule has 0 saturated carbocycles. The molecule has 1 atom stereocenters. The highest BCUT2D eigenvalue weighted by atomic mass is 16.5. The fourth-order valence-electron chi connectivity index (χ4n) is 3.28. The molecular formula is C24H21N3O2. The number of rotatable bonds is 6. The number of hydrogen-bond donors (Lipinski definition) is 0. The van der Waals surface area contributed by atoms with E-state index >= 15 is 0 Å². The number of ether oxygens (including phenoxy) is 1. The van der Waals surface area contributed by atoms with Gasteiger partial charge < -0.3 is 4.74 Å². The van der Waals surface area contributed by atoms with E-state index in [9.17, 15) is 4.79 Å². The van der Waals surface area contributed by atoms with Crippen LogP contribution in [0.1, 0.15) is 28.9 Å². The first-order chi connectivity index (χ1) is 14.2. The molecule has 5 nitrogen and oxygen atoms in total. The molecule has 3 aromatic carbocycles. The van der Waals surface area contributed by atoms with E-state index in [1.54, 1.807) is 19.2 Å². The van der Waals surface area contributed by atoms with Crippen molar-refractivity contribution < 1.29 is 9.53 Å². The molecule has 0 amide bonds. The Kier molecular flexibility index (Phi) is 5.20. The van der Waals surface area contributed by atoms with Gasteiger partial charge in [-0.1, -0.05) is 48.5 Å². The van der Waals surface area contributed by atoms with Crippen LogP contribution >= 0.6 is 0 Å². The zero-order chi connectivity index (χ0) is 20.2. The van der Waals surface area contributed by atoms with Gasteiger partial charge in [0.05, 0.1) is 13.2 Å². The Balaban J connectivity index is 1.84. The maximum Gasteiger partial charge on any atom is 0.181 e. The van der Waals surface area contributed by atoms with Crippen LogP contribution in [-0.4, -0.2) is 28.2 Å². The van der Waals surface area contributed by atoms with Crippen LogP contribution in [0.5, 0.6) is 5.75 Å². The van der Waals surface area contributed by atoms with E-state index in [4.69, 9.17) is 14.8 Å². The second kappa shape index (κ2) is 8.10. The summed E-state index contributed by atoms with van der Waals surface area (Å²) in [5, 5.41) is 4.81. The molecule has 0 fully saturated rings. The minimum absolute atomic E-state index is 0.0104. The van der Waals surface area contributed by atoms with E-state index in [0.717, 1.165) is 34.6 Å². The topological polar surface area (TPSA) is 57.0 Å². The molecule has 1 heterocycles. The fourth-order valence-corrected chi connectivity index (χ4v) is 3.28. The van der Waals surface area contributed by atoms with Gasteiger partial charge in [0, 0.05) is 16.7 Å². The van der Waals surface area contributed by atoms with E-state index in [0.29, 0.717) is 11.4 Å². The third kappa shape index (κ3) is 3.80. The summed E-state index contributed by atoms with van der Waals surface area (Å²) in [6.45, 7) is 2.10. The fraction of sp³-hybridized carbons (Fsp3) is 0.125. The Morgan fingerprint density at radius 3 is 2.38 bits per heavy atom. The average Bonchev–Trinajstić information content (AvgIpc) is 3.25. The summed E-state index contributed by atoms with van der Waals surface area (Å²) in [5.41, 5.74) is 3.49. The maximum absolute atomic E-state index is 11.2. The summed E-state index contributed by atoms with van der Waals surface area (Å²) in [6.07, 6.45) is 0.831. The van der Waals surface area contributed by atoms with Gasteiger partial charge in [-0.3, -0.25) is 4.79 Å². The molecule has 0 N–H and O–H groups in total. The summed E-state index contributed by atoms with van der Waals surface area (Å²) in [4.78, 5) is 16.0. The molecule has 144 valence electrons. The van der Waals surface area contributed by atoms with Crippen LogP contribution in [0.25, 0.3) is 22.8 Å². The Hall–Kier alpha value is -3.73. The van der Waals surface area contributed by atoms with Crippen molar-refractivity contribution in [3.63, 3.8) is 0 Å². The largest absolute Gasteiger partial charge is 0.497 e. The second-order valence-corrected chi connectivity index (χ2v) is 6.76. The highest BCUT2D eigenvalue weighted by Gasteiger charge is 2.19. The SMILES string of the molecule is COc1ccc(-c2nc(-c3cccc(C=O)c3)nn2C(C)c2ccccc2)cc1. The molecule has 0 spiro atoms. The zero-order valence-corrected chi connectivity index (χ0v) is 16.3. The number of aromatic nitrogens is 3. The number of aldehydes is 1. The first-order valence-corrected chi connectivity index (χ1v) is 9.41. The first-order valence-electron chi connectivity index (χ1n) is 9.41. The van der Waals surface area contributed by atoms with Gasteiger partial charge in [0.25, 0.3) is 0 Å². The molecule has 0 aliphatic heterocycles. The van der Waals surface area contributed by atoms with Gasteiger partial charge in [-0.25, -0.2) is 9.67 Å². The van der Waals surface area contributed by atoms with Gasteiger partial charge in [-0.15, -0.1) is 5.10 Å². The van der Waals surface area contributed by atoms with Gasteiger partial charge in [-0.05, 0) is 42.8 Å². The van der Waals surface area contributed by atoms with Gasteiger partial charge >= 0.3 is 0 Å². The summed E-state index contributed by atoms with van der Waals surface area (Å²) in [6, 6.07) is 25.3. The lowest BCUT2D eigenvalue weighted by Crippen LogP contribution is -2.10. The highest BCUT2D eigenvalue weighted by Crippen LogP contribution is 2.29. The lowest BCUT2D eigenvalue weighted by molar-refractivity contribution is 0.112. The van der Waals surface area contributed by atoms with Crippen molar-refractivity contribution in [3.8, 4) is 28.5 Å². The van der Waals surface area contributed by atoms with E-state index in [1.807, 2.05) is 59.3 Å². The van der Waals surface area contributed by atoms with Gasteiger partial charge in [0.15, 0.2) is 11.6 Å². The van der Waals surface area contributed by atoms with Crippen LogP contribution in [0, 0.1) is 0 Å². The summed E-state index contributed by atoms with van der Waals surface area (Å²) in [5.74, 6) is 2.13. The maximum atomic E-state index is 11.2. The molecule has 4 aromatic rings. The van der Waals surface area contributed by atoms with Crippen LogP contribution in [0.2, 0.25) is 0 Å². The Bertz CT molecular complexity index is 1120. The van der Waals surface area contributed by atoms with Gasteiger partial charge in [-0.2, -0.15) is 0 Å². The lowest BCUT2D eigenvalue weighted by atomic mass is 10.1. The number of carbonyl (C=O) groups excluding carboxylic acids is 1. The van der Waals surface area contributed by atoms with Gasteiger partial charge in [0.2, 0.25) is 0 Å². The summed E-state index contributed by atoms with van der Waals surface area (Å²) < 4.78 is 7.21. The van der Waals surface area contributed by atoms with Gasteiger partial charge in [0.1, 0.15) is 12.0 Å². The van der Waals surface area contributed by atoms with Crippen LogP contribution in [0.3, 0.4) is 0 Å². The van der Waals surface area contributed by atoms with Crippen molar-refractivity contribution in [1.82, 2.24) is 14.8 Å². The normalized spacial score (nSPS) is 11.8. The monoisotopic (exact) mass is 383 g/mol. The molecule has 0 radical (unpaired) electrons. The molecule has 0 saturated heterocycles. The van der Waals surface area contributed by atoms with E-state index in [1.165, 1.54) is 0 Å². The van der Waals surface area contributed by atoms with Crippen LogP contribution in [-0.2, 0) is 0 Å². The first kappa shape index (κ1) is 18.6. The van der Waals surface area contributed by atoms with Crippen LogP contribution < -0.4 is 4.74 Å². The van der Waals surface area contributed by atoms with Crippen molar-refractivity contribution in [1.29, 1.82) is 0 Å². The molecular weight excluding hydrogens is 362 g/mol. The average molecular weight is 383 g/mol. The Morgan fingerprint density at radius 2 is 1.69 bits per heavy atom. The third-order valence-electron chi connectivity index (χ3n) is 4.91. The predicted octanol–water partition coefficient (Wildman–Crippen LogP) is 5.04. The Morgan fingerprint density at radius 1 is 0.931 bits per heavy atom. The summed E-state index contributed by atoms with van der Waals surface area (Å²) >= 11 is 0. The zero-order valence-electron chi connectivity index (χ0n) is 16.3. The minimum Gasteiger partial charge on any atom is -0.497 e. The smallest absolute Gasteiger partial charge is 0.181 e. The lowest BCUT2D eigenvalue weighted by Gasteiger charge is -2.15. The van der Waals surface area contributed by atoms with Crippen LogP contribution in [0.4, 0.5) is 0 Å². The third-order valence-corrected chi connectivity index (χ3v) is 4.91. The van der Waals surface area contributed by atoms with Crippen molar-refractivity contribution in [3.05, 3.63) is 90.0 Å². The summed E-state index contributed by atoms with van der Waals surface area (Å²) in [7, 11) is 1.65. The molecule has 29 heavy (non-hydrogen) atoms. The number of methoxy groups -OCH3 is 1. The van der Waals surface area contributed by atoms with Crippen molar-refractivity contribution >= 4 is 6.29 Å². The van der Waals surface area contributed by atoms with Crippen LogP contribution in [0.15, 0.2) is 78.9 Å². The van der Waals surface area contributed by atoms with E-state index < -0.39 is 0 Å². The van der Waals surface area contributed by atoms with E-state index in [-0.39, 0.29) is 6.04 Å². The molecule has 0 aliphatic rings. The van der Waals surface area contributed by atoms with E-state index in [2.05, 4.69) is 19.1 Å². The quantitative estimate of drug-likeness (QED) is 0.438. The molecule has 4 rings (SSSR count).